The second kappa shape index (κ2) is 23.6. The van der Waals surface area contributed by atoms with Gasteiger partial charge in [-0.15, -0.1) is 0 Å². The van der Waals surface area contributed by atoms with Crippen LogP contribution in [0.1, 0.15) is 2.85 Å². The van der Waals surface area contributed by atoms with E-state index in [0.717, 1.165) is 0 Å². The van der Waals surface area contributed by atoms with Gasteiger partial charge in [0, 0.05) is 74.5 Å². The van der Waals surface area contributed by atoms with Gasteiger partial charge in [-0.25, -0.2) is 0 Å². The van der Waals surface area contributed by atoms with Crippen LogP contribution in [-0.2, 0) is 57.0 Å². The molecule has 0 rings (SSSR count). The van der Waals surface area contributed by atoms with E-state index in [1.807, 2.05) is 0 Å². The molecule has 5 heteroatoms. The third kappa shape index (κ3) is 17.7. The van der Waals surface area contributed by atoms with Crippen LogP contribution in [0.2, 0.25) is 0 Å². The minimum atomic E-state index is 0. The maximum absolute atomic E-state index is 8.30. The molecule has 0 amide bonds. The normalized spacial score (nSPS) is 0.600. The standard InChI is InChI=1S/Ce.Nb.O.Sr.Y.2H/q;;;+2;;2*-1. The molecular weight excluding hydrogens is 426 g/mol. The molecule has 5 heavy (non-hydrogen) atoms. The minimum absolute atomic E-state index is 0. The van der Waals surface area contributed by atoms with Crippen LogP contribution in [0.15, 0.2) is 0 Å². The van der Waals surface area contributed by atoms with Crippen molar-refractivity contribution in [1.82, 2.24) is 0 Å². The van der Waals surface area contributed by atoms with Crippen molar-refractivity contribution >= 4 is 45.5 Å². The van der Waals surface area contributed by atoms with Crippen LogP contribution in [0.3, 0.4) is 0 Å². The Labute approximate surface area is 143 Å². The van der Waals surface area contributed by atoms with Gasteiger partial charge in [0.1, 0.15) is 0 Å². The van der Waals surface area contributed by atoms with Gasteiger partial charge in [-0.2, -0.15) is 0 Å². The van der Waals surface area contributed by atoms with Crippen LogP contribution in [0, 0.1) is 41.7 Å². The first-order valence-corrected chi connectivity index (χ1v) is 1.08. The van der Waals surface area contributed by atoms with Gasteiger partial charge in [0.05, 0.1) is 0 Å². The van der Waals surface area contributed by atoms with Gasteiger partial charge < -0.3 is 2.85 Å². The fourth-order valence-electron chi connectivity index (χ4n) is 0. The summed E-state index contributed by atoms with van der Waals surface area (Å²) in [5.74, 6) is 0. The van der Waals surface area contributed by atoms with Crippen molar-refractivity contribution in [3.05, 3.63) is 0 Å². The van der Waals surface area contributed by atoms with Crippen molar-refractivity contribution < 1.29 is 102 Å². The summed E-state index contributed by atoms with van der Waals surface area (Å²) in [7, 11) is 0. The van der Waals surface area contributed by atoms with E-state index in [1.54, 1.807) is 0 Å². The Morgan fingerprint density at radius 2 is 1.40 bits per heavy atom. The summed E-state index contributed by atoms with van der Waals surface area (Å²) in [6, 6.07) is 0. The van der Waals surface area contributed by atoms with E-state index >= 15 is 0 Å². The van der Waals surface area contributed by atoms with E-state index in [2.05, 4.69) is 0 Å². The number of hydrogen-bond donors (Lipinski definition) is 0. The van der Waals surface area contributed by atoms with E-state index in [1.165, 1.54) is 0 Å². The summed E-state index contributed by atoms with van der Waals surface area (Å²) >= 11 is 0.500. The van der Waals surface area contributed by atoms with Gasteiger partial charge in [0.25, 0.3) is 0 Å². The smallest absolute Gasteiger partial charge is 0 e. The molecule has 0 aromatic carbocycles. The largest absolute Gasteiger partial charge is 2.00 e. The second-order valence-electron chi connectivity index (χ2n) is 0. The van der Waals surface area contributed by atoms with E-state index in [0.29, 0.717) is 21.0 Å². The Morgan fingerprint density at radius 3 is 1.40 bits per heavy atom. The summed E-state index contributed by atoms with van der Waals surface area (Å²) in [5.41, 5.74) is 0. The molecule has 0 saturated carbocycles. The van der Waals surface area contributed by atoms with E-state index < -0.39 is 0 Å². The van der Waals surface area contributed by atoms with Gasteiger partial charge in [-0.05, 0) is 0 Å². The fourth-order valence-corrected chi connectivity index (χ4v) is 0. The number of rotatable bonds is 0. The molecule has 1 nitrogen and oxygen atoms in total. The van der Waals surface area contributed by atoms with E-state index in [-0.39, 0.29) is 123 Å². The molecule has 22 valence electrons. The van der Waals surface area contributed by atoms with Crippen LogP contribution in [0.4, 0.5) is 0 Å². The maximum Gasteiger partial charge on any atom is 2.00 e. The van der Waals surface area contributed by atoms with E-state index in [9.17, 15) is 0 Å². The number of hydrogen-bond acceptors (Lipinski definition) is 1. The molecular formula is H2CeNbOSrY. The van der Waals surface area contributed by atoms with Crippen LogP contribution < -0.4 is 0 Å². The van der Waals surface area contributed by atoms with Crippen molar-refractivity contribution in [2.45, 2.75) is 0 Å². The predicted octanol–water partition coefficient (Wildman–Crippen LogP) is -0.280. The molecule has 0 bridgehead atoms. The topological polar surface area (TPSA) is 17.1 Å². The van der Waals surface area contributed by atoms with Gasteiger partial charge >= 0.3 is 69.8 Å². The van der Waals surface area contributed by atoms with Crippen LogP contribution in [0.5, 0.6) is 0 Å². The molecule has 0 aliphatic rings. The zero-order chi connectivity index (χ0) is 2.00. The van der Waals surface area contributed by atoms with Crippen molar-refractivity contribution in [2.24, 2.45) is 0 Å². The molecule has 0 spiro atoms. The molecule has 0 saturated heterocycles. The molecule has 0 fully saturated rings. The first-order valence-electron chi connectivity index (χ1n) is 0.183. The molecule has 0 aromatic rings. The van der Waals surface area contributed by atoms with Crippen molar-refractivity contribution in [1.29, 1.82) is 0 Å². The Hall–Kier alpha value is 4.50. The van der Waals surface area contributed by atoms with Crippen molar-refractivity contribution in [3.63, 3.8) is 0 Å². The van der Waals surface area contributed by atoms with Crippen LogP contribution >= 0.6 is 0 Å². The zero-order valence-electron chi connectivity index (χ0n) is 4.64. The van der Waals surface area contributed by atoms with Gasteiger partial charge in [-0.3, -0.25) is 0 Å². The van der Waals surface area contributed by atoms with Crippen LogP contribution in [0.25, 0.3) is 0 Å². The van der Waals surface area contributed by atoms with Gasteiger partial charge in [0.15, 0.2) is 0 Å². The molecule has 0 aliphatic carbocycles. The molecule has 0 N–H and O–H groups in total. The first-order chi connectivity index (χ1) is 1.00. The Bertz CT molecular complexity index is 17.7. The monoisotopic (exact) mass is 428 g/mol. The summed E-state index contributed by atoms with van der Waals surface area (Å²) in [5, 5.41) is 0. The fraction of sp³-hybridized carbons (Fsp3) is 0. The third-order valence-electron chi connectivity index (χ3n) is 0. The average molecular weight is 428 g/mol. The SMILES string of the molecule is [Ce].[H-].[H-].[O]=[Nb].[Sr+2].[Y]. The summed E-state index contributed by atoms with van der Waals surface area (Å²) in [4.78, 5) is 0. The second-order valence-corrected chi connectivity index (χ2v) is 0. The zero-order valence-corrected chi connectivity index (χ0v) is 14.3. The maximum atomic E-state index is 8.30. The molecule has 0 aliphatic heterocycles. The molecule has 0 heterocycles. The summed E-state index contributed by atoms with van der Waals surface area (Å²) in [6.07, 6.45) is 0. The predicted molar refractivity (Wildman–Crippen MR) is 8.66 cm³/mol. The average Bonchev–Trinajstić information content (AvgIpc) is 1.00. The quantitative estimate of drug-likeness (QED) is 0.486. The first kappa shape index (κ1) is 22.7. The Kier molecular flexibility index (Phi) is 107. The Morgan fingerprint density at radius 1 is 1.40 bits per heavy atom. The molecule has 0 aromatic heterocycles. The summed E-state index contributed by atoms with van der Waals surface area (Å²) in [6.45, 7) is 0. The van der Waals surface area contributed by atoms with Gasteiger partial charge in [-0.1, -0.05) is 0 Å². The molecule has 0 atom stereocenters. The molecule has 0 unspecified atom stereocenters. The molecule has 1 radical (unpaired) electrons. The van der Waals surface area contributed by atoms with Crippen molar-refractivity contribution in [3.8, 4) is 0 Å². The Balaban J connectivity index is -0.000000000500. The third-order valence-corrected chi connectivity index (χ3v) is 0. The van der Waals surface area contributed by atoms with Crippen LogP contribution in [-0.4, -0.2) is 45.5 Å². The van der Waals surface area contributed by atoms with Crippen molar-refractivity contribution in [2.75, 3.05) is 0 Å². The van der Waals surface area contributed by atoms with Gasteiger partial charge in [0.2, 0.25) is 0 Å². The minimum Gasteiger partial charge on any atom is 0 e. The summed E-state index contributed by atoms with van der Waals surface area (Å²) < 4.78 is 8.30. The van der Waals surface area contributed by atoms with E-state index in [4.69, 9.17) is 3.25 Å².